The largest absolute Gasteiger partial charge is 0.467 e. The van der Waals surface area contributed by atoms with E-state index in [1.165, 1.54) is 18.2 Å². The van der Waals surface area contributed by atoms with Crippen LogP contribution in [0.2, 0.25) is 5.02 Å². The molecule has 2 aromatic rings. The van der Waals surface area contributed by atoms with Gasteiger partial charge in [0.05, 0.1) is 17.1 Å². The molecule has 0 saturated carbocycles. The smallest absolute Gasteiger partial charge is 0.338 e. The van der Waals surface area contributed by atoms with E-state index in [2.05, 4.69) is 0 Å². The summed E-state index contributed by atoms with van der Waals surface area (Å²) in [5.74, 6) is -0.100. The van der Waals surface area contributed by atoms with E-state index in [0.717, 1.165) is 5.56 Å². The number of ether oxygens (including phenoxy) is 3. The van der Waals surface area contributed by atoms with Crippen LogP contribution in [0.3, 0.4) is 0 Å². The molecule has 0 saturated heterocycles. The summed E-state index contributed by atoms with van der Waals surface area (Å²) in [4.78, 5) is 24.7. The Labute approximate surface area is 160 Å². The van der Waals surface area contributed by atoms with Gasteiger partial charge in [0.1, 0.15) is 18.0 Å². The third-order valence-corrected chi connectivity index (χ3v) is 4.22. The van der Waals surface area contributed by atoms with E-state index in [-0.39, 0.29) is 24.7 Å². The molecule has 0 aromatic heterocycles. The molecule has 27 heavy (non-hydrogen) atoms. The molecule has 142 valence electrons. The lowest BCUT2D eigenvalue weighted by molar-refractivity contribution is -0.384. The molecule has 0 unspecified atom stereocenters. The van der Waals surface area contributed by atoms with Crippen LogP contribution in [-0.2, 0) is 22.7 Å². The van der Waals surface area contributed by atoms with Crippen molar-refractivity contribution in [3.05, 3.63) is 62.2 Å². The Bertz CT molecular complexity index is 900. The van der Waals surface area contributed by atoms with Crippen molar-refractivity contribution in [2.45, 2.75) is 13.2 Å². The standard InChI is InChI=1S/C18H17ClN2O6/c1-20(2)15-4-3-11(7-16(15)21(23)24)18(22)26-9-13-6-14(19)5-12-8-25-10-27-17(12)13/h3-7H,8-10H2,1-2H3. The molecule has 2 aromatic carbocycles. The van der Waals surface area contributed by atoms with Gasteiger partial charge in [-0.2, -0.15) is 0 Å². The maximum absolute atomic E-state index is 12.4. The molecule has 0 aliphatic carbocycles. The van der Waals surface area contributed by atoms with Crippen LogP contribution in [0.15, 0.2) is 30.3 Å². The summed E-state index contributed by atoms with van der Waals surface area (Å²) < 4.78 is 16.0. The fraction of sp³-hybridized carbons (Fsp3) is 0.278. The monoisotopic (exact) mass is 392 g/mol. The molecule has 8 nitrogen and oxygen atoms in total. The maximum atomic E-state index is 12.4. The van der Waals surface area contributed by atoms with Gasteiger partial charge >= 0.3 is 5.97 Å². The van der Waals surface area contributed by atoms with Crippen LogP contribution >= 0.6 is 11.6 Å². The molecular formula is C18H17ClN2O6. The lowest BCUT2D eigenvalue weighted by Crippen LogP contribution is -2.15. The summed E-state index contributed by atoms with van der Waals surface area (Å²) in [6.45, 7) is 0.383. The van der Waals surface area contributed by atoms with Crippen LogP contribution in [-0.4, -0.2) is 31.8 Å². The Kier molecular flexibility index (Phi) is 5.48. The summed E-state index contributed by atoms with van der Waals surface area (Å²) in [5.41, 5.74) is 1.69. The van der Waals surface area contributed by atoms with Crippen LogP contribution in [0.5, 0.6) is 5.75 Å². The number of halogens is 1. The number of nitrogens with zero attached hydrogens (tertiary/aromatic N) is 2. The highest BCUT2D eigenvalue weighted by Crippen LogP contribution is 2.32. The zero-order valence-electron chi connectivity index (χ0n) is 14.7. The predicted molar refractivity (Wildman–Crippen MR) is 98.3 cm³/mol. The van der Waals surface area contributed by atoms with E-state index in [0.29, 0.717) is 28.6 Å². The molecule has 0 spiro atoms. The number of fused-ring (bicyclic) bond motifs is 1. The van der Waals surface area contributed by atoms with Gasteiger partial charge in [0.2, 0.25) is 0 Å². The van der Waals surface area contributed by atoms with Gasteiger partial charge in [0, 0.05) is 36.3 Å². The summed E-state index contributed by atoms with van der Waals surface area (Å²) in [6, 6.07) is 7.58. The Hall–Kier alpha value is -2.84. The highest BCUT2D eigenvalue weighted by Gasteiger charge is 2.21. The molecule has 0 fully saturated rings. The Morgan fingerprint density at radius 1 is 1.33 bits per heavy atom. The number of hydrogen-bond donors (Lipinski definition) is 0. The van der Waals surface area contributed by atoms with Gasteiger partial charge in [0.25, 0.3) is 5.69 Å². The Morgan fingerprint density at radius 2 is 2.11 bits per heavy atom. The van der Waals surface area contributed by atoms with Crippen LogP contribution in [0.25, 0.3) is 0 Å². The van der Waals surface area contributed by atoms with Crippen LogP contribution < -0.4 is 9.64 Å². The summed E-state index contributed by atoms with van der Waals surface area (Å²) in [6.07, 6.45) is 0. The van der Waals surface area contributed by atoms with Gasteiger partial charge in [-0.1, -0.05) is 11.6 Å². The maximum Gasteiger partial charge on any atom is 0.338 e. The number of nitro benzene ring substituents is 1. The number of nitro groups is 1. The topological polar surface area (TPSA) is 91.1 Å². The second-order valence-corrected chi connectivity index (χ2v) is 6.53. The second-order valence-electron chi connectivity index (χ2n) is 6.09. The van der Waals surface area contributed by atoms with E-state index in [1.807, 2.05) is 0 Å². The van der Waals surface area contributed by atoms with Gasteiger partial charge in [-0.05, 0) is 24.3 Å². The first-order chi connectivity index (χ1) is 12.9. The minimum atomic E-state index is -0.677. The number of carbonyl (C=O) groups excluding carboxylic acids is 1. The molecule has 0 amide bonds. The number of anilines is 1. The van der Waals surface area contributed by atoms with E-state index in [1.54, 1.807) is 31.1 Å². The molecule has 9 heteroatoms. The van der Waals surface area contributed by atoms with Gasteiger partial charge in [-0.15, -0.1) is 0 Å². The van der Waals surface area contributed by atoms with Crippen molar-refractivity contribution in [1.29, 1.82) is 0 Å². The van der Waals surface area contributed by atoms with Crippen molar-refractivity contribution < 1.29 is 23.9 Å². The van der Waals surface area contributed by atoms with Crippen LogP contribution in [0.1, 0.15) is 21.5 Å². The first-order valence-electron chi connectivity index (χ1n) is 8.01. The average Bonchev–Trinajstić information content (AvgIpc) is 2.65. The highest BCUT2D eigenvalue weighted by atomic mass is 35.5. The number of esters is 1. The molecule has 0 N–H and O–H groups in total. The summed E-state index contributed by atoms with van der Waals surface area (Å²) in [7, 11) is 3.37. The number of carbonyl (C=O) groups is 1. The first-order valence-corrected chi connectivity index (χ1v) is 8.39. The van der Waals surface area contributed by atoms with Crippen molar-refractivity contribution in [3.63, 3.8) is 0 Å². The van der Waals surface area contributed by atoms with Crippen molar-refractivity contribution in [2.75, 3.05) is 25.8 Å². The predicted octanol–water partition coefficient (Wildman–Crippen LogP) is 3.54. The number of benzene rings is 2. The number of rotatable bonds is 5. The quantitative estimate of drug-likeness (QED) is 0.436. The lowest BCUT2D eigenvalue weighted by atomic mass is 10.1. The van der Waals surface area contributed by atoms with E-state index in [4.69, 9.17) is 25.8 Å². The molecular weight excluding hydrogens is 376 g/mol. The SMILES string of the molecule is CN(C)c1ccc(C(=O)OCc2cc(Cl)cc3c2OCOC3)cc1[N+](=O)[O-]. The van der Waals surface area contributed by atoms with Gasteiger partial charge in [0.15, 0.2) is 6.79 Å². The van der Waals surface area contributed by atoms with Crippen molar-refractivity contribution >= 4 is 28.9 Å². The third-order valence-electron chi connectivity index (χ3n) is 4.00. The minimum absolute atomic E-state index is 0.0784. The zero-order valence-corrected chi connectivity index (χ0v) is 15.5. The molecule has 1 heterocycles. The molecule has 3 rings (SSSR count). The average molecular weight is 393 g/mol. The van der Waals surface area contributed by atoms with Gasteiger partial charge < -0.3 is 19.1 Å². The van der Waals surface area contributed by atoms with Crippen LogP contribution in [0.4, 0.5) is 11.4 Å². The molecule has 1 aliphatic heterocycles. The van der Waals surface area contributed by atoms with Crippen LogP contribution in [0, 0.1) is 10.1 Å². The van der Waals surface area contributed by atoms with Gasteiger partial charge in [-0.3, -0.25) is 10.1 Å². The fourth-order valence-electron chi connectivity index (χ4n) is 2.77. The molecule has 0 bridgehead atoms. The van der Waals surface area contributed by atoms with E-state index >= 15 is 0 Å². The molecule has 0 radical (unpaired) electrons. The van der Waals surface area contributed by atoms with E-state index < -0.39 is 10.9 Å². The van der Waals surface area contributed by atoms with Crippen molar-refractivity contribution in [3.8, 4) is 5.75 Å². The fourth-order valence-corrected chi connectivity index (χ4v) is 3.03. The van der Waals surface area contributed by atoms with Gasteiger partial charge in [-0.25, -0.2) is 4.79 Å². The first kappa shape index (κ1) is 18.9. The normalized spacial score (nSPS) is 12.7. The highest BCUT2D eigenvalue weighted by molar-refractivity contribution is 6.30. The lowest BCUT2D eigenvalue weighted by Gasteiger charge is -2.21. The molecule has 0 atom stereocenters. The van der Waals surface area contributed by atoms with Crippen molar-refractivity contribution in [2.24, 2.45) is 0 Å². The van der Waals surface area contributed by atoms with E-state index in [9.17, 15) is 14.9 Å². The summed E-state index contributed by atoms with van der Waals surface area (Å²) >= 11 is 6.09. The second kappa shape index (κ2) is 7.81. The Balaban J connectivity index is 1.80. The van der Waals surface area contributed by atoms with Crippen molar-refractivity contribution in [1.82, 2.24) is 0 Å². The summed E-state index contributed by atoms with van der Waals surface area (Å²) in [5, 5.41) is 11.7. The number of hydrogen-bond acceptors (Lipinski definition) is 7. The third kappa shape index (κ3) is 4.12. The Morgan fingerprint density at radius 3 is 2.81 bits per heavy atom. The molecule has 1 aliphatic rings. The zero-order chi connectivity index (χ0) is 19.6. The minimum Gasteiger partial charge on any atom is -0.467 e.